The van der Waals surface area contributed by atoms with Gasteiger partial charge in [-0.2, -0.15) is 26.3 Å². The number of benzene rings is 2. The summed E-state index contributed by atoms with van der Waals surface area (Å²) in [5, 5.41) is 0. The highest BCUT2D eigenvalue weighted by molar-refractivity contribution is 5.82. The lowest BCUT2D eigenvalue weighted by molar-refractivity contribution is -0.138. The number of halogens is 6. The Hall–Kier alpha value is -2.64. The van der Waals surface area contributed by atoms with Crippen molar-refractivity contribution in [3.63, 3.8) is 0 Å². The molecule has 0 aliphatic rings. The molecular formula is C18H14F6N2. The Balaban J connectivity index is 1.98. The third kappa shape index (κ3) is 5.44. The van der Waals surface area contributed by atoms with Gasteiger partial charge in [0.05, 0.1) is 24.2 Å². The number of aliphatic imine (C=N–C) groups is 2. The van der Waals surface area contributed by atoms with Crippen molar-refractivity contribution in [2.45, 2.75) is 12.4 Å². The van der Waals surface area contributed by atoms with Crippen molar-refractivity contribution in [2.75, 3.05) is 13.1 Å². The van der Waals surface area contributed by atoms with Crippen molar-refractivity contribution in [1.82, 2.24) is 0 Å². The first-order chi connectivity index (χ1) is 12.2. The van der Waals surface area contributed by atoms with Crippen LogP contribution in [0.4, 0.5) is 26.3 Å². The Morgan fingerprint density at radius 2 is 0.962 bits per heavy atom. The van der Waals surface area contributed by atoms with Crippen LogP contribution >= 0.6 is 0 Å². The predicted octanol–water partition coefficient (Wildman–Crippen LogP) is 5.26. The second-order valence-electron chi connectivity index (χ2n) is 5.24. The zero-order valence-corrected chi connectivity index (χ0v) is 13.3. The fourth-order valence-corrected chi connectivity index (χ4v) is 2.18. The Labute approximate surface area is 145 Å². The summed E-state index contributed by atoms with van der Waals surface area (Å²) >= 11 is 0. The maximum Gasteiger partial charge on any atom is 0.417 e. The van der Waals surface area contributed by atoms with Gasteiger partial charge in [0.1, 0.15) is 0 Å². The molecule has 0 atom stereocenters. The number of rotatable bonds is 5. The minimum atomic E-state index is -4.48. The molecule has 2 nitrogen and oxygen atoms in total. The van der Waals surface area contributed by atoms with E-state index >= 15 is 0 Å². The van der Waals surface area contributed by atoms with Gasteiger partial charge in [-0.05, 0) is 12.1 Å². The zero-order valence-electron chi connectivity index (χ0n) is 13.3. The summed E-state index contributed by atoms with van der Waals surface area (Å²) in [6, 6.07) is 9.96. The molecule has 0 spiro atoms. The van der Waals surface area contributed by atoms with Crippen LogP contribution in [0.15, 0.2) is 58.5 Å². The maximum absolute atomic E-state index is 12.8. The molecule has 0 N–H and O–H groups in total. The van der Waals surface area contributed by atoms with Crippen molar-refractivity contribution < 1.29 is 26.3 Å². The van der Waals surface area contributed by atoms with E-state index in [1.54, 1.807) is 0 Å². The minimum absolute atomic E-state index is 0.0525. The molecule has 0 radical (unpaired) electrons. The van der Waals surface area contributed by atoms with Gasteiger partial charge in [-0.1, -0.05) is 36.4 Å². The van der Waals surface area contributed by atoms with E-state index in [2.05, 4.69) is 9.98 Å². The lowest BCUT2D eigenvalue weighted by atomic mass is 10.1. The van der Waals surface area contributed by atoms with E-state index in [4.69, 9.17) is 0 Å². The Kier molecular flexibility index (Phi) is 6.18. The topological polar surface area (TPSA) is 24.7 Å². The quantitative estimate of drug-likeness (QED) is 0.389. The maximum atomic E-state index is 12.8. The van der Waals surface area contributed by atoms with Gasteiger partial charge in [-0.3, -0.25) is 9.98 Å². The Morgan fingerprint density at radius 1 is 0.615 bits per heavy atom. The van der Waals surface area contributed by atoms with E-state index in [9.17, 15) is 26.3 Å². The largest absolute Gasteiger partial charge is 0.417 e. The molecule has 0 saturated carbocycles. The highest BCUT2D eigenvalue weighted by Crippen LogP contribution is 2.31. The van der Waals surface area contributed by atoms with E-state index in [0.29, 0.717) is 0 Å². The van der Waals surface area contributed by atoms with E-state index < -0.39 is 23.5 Å². The molecular weight excluding hydrogens is 358 g/mol. The van der Waals surface area contributed by atoms with E-state index in [0.717, 1.165) is 24.6 Å². The van der Waals surface area contributed by atoms with Gasteiger partial charge < -0.3 is 0 Å². The first kappa shape index (κ1) is 19.7. The summed E-state index contributed by atoms with van der Waals surface area (Å²) in [7, 11) is 0. The van der Waals surface area contributed by atoms with Crippen LogP contribution in [0.3, 0.4) is 0 Å². The average molecular weight is 372 g/mol. The van der Waals surface area contributed by atoms with E-state index in [-0.39, 0.29) is 24.2 Å². The van der Waals surface area contributed by atoms with Crippen LogP contribution in [0, 0.1) is 0 Å². The second kappa shape index (κ2) is 8.16. The third-order valence-electron chi connectivity index (χ3n) is 3.35. The van der Waals surface area contributed by atoms with Gasteiger partial charge in [0.15, 0.2) is 0 Å². The van der Waals surface area contributed by atoms with E-state index in [1.165, 1.54) is 36.4 Å². The van der Waals surface area contributed by atoms with Crippen molar-refractivity contribution in [1.29, 1.82) is 0 Å². The van der Waals surface area contributed by atoms with Crippen LogP contribution in [0.2, 0.25) is 0 Å². The molecule has 8 heteroatoms. The molecule has 2 aromatic rings. The normalized spacial score (nSPS) is 13.0. The molecule has 0 heterocycles. The second-order valence-corrected chi connectivity index (χ2v) is 5.24. The van der Waals surface area contributed by atoms with Crippen LogP contribution in [0.25, 0.3) is 0 Å². The van der Waals surface area contributed by atoms with Crippen molar-refractivity contribution in [3.8, 4) is 0 Å². The van der Waals surface area contributed by atoms with Gasteiger partial charge in [0, 0.05) is 23.6 Å². The molecule has 0 aliphatic carbocycles. The van der Waals surface area contributed by atoms with Crippen LogP contribution in [-0.2, 0) is 12.4 Å². The highest BCUT2D eigenvalue weighted by Gasteiger charge is 2.33. The molecule has 26 heavy (non-hydrogen) atoms. The first-order valence-corrected chi connectivity index (χ1v) is 7.51. The van der Waals surface area contributed by atoms with Gasteiger partial charge in [-0.25, -0.2) is 0 Å². The molecule has 0 fully saturated rings. The monoisotopic (exact) mass is 372 g/mol. The summed E-state index contributed by atoms with van der Waals surface area (Å²) in [4.78, 5) is 7.71. The molecule has 2 rings (SSSR count). The third-order valence-corrected chi connectivity index (χ3v) is 3.35. The number of nitrogens with zero attached hydrogens (tertiary/aromatic N) is 2. The fraction of sp³-hybridized carbons (Fsp3) is 0.222. The molecule has 0 bridgehead atoms. The number of hydrogen-bond acceptors (Lipinski definition) is 2. The molecule has 0 amide bonds. The first-order valence-electron chi connectivity index (χ1n) is 7.51. The summed E-state index contributed by atoms with van der Waals surface area (Å²) in [6.45, 7) is 0.105. The van der Waals surface area contributed by atoms with Gasteiger partial charge in [0.25, 0.3) is 0 Å². The lowest BCUT2D eigenvalue weighted by Crippen LogP contribution is -2.09. The van der Waals surface area contributed by atoms with Crippen molar-refractivity contribution in [2.24, 2.45) is 9.98 Å². The smallest absolute Gasteiger partial charge is 0.291 e. The SMILES string of the molecule is FC(F)(F)c1ccccc1C=NCCN=Cc1ccccc1C(F)(F)F. The molecule has 0 unspecified atom stereocenters. The zero-order chi connectivity index (χ0) is 19.2. The van der Waals surface area contributed by atoms with Crippen LogP contribution in [0.5, 0.6) is 0 Å². The van der Waals surface area contributed by atoms with Crippen molar-refractivity contribution >= 4 is 12.4 Å². The lowest BCUT2D eigenvalue weighted by Gasteiger charge is -2.09. The van der Waals surface area contributed by atoms with Crippen LogP contribution < -0.4 is 0 Å². The summed E-state index contributed by atoms with van der Waals surface area (Å²) < 4.78 is 76.9. The van der Waals surface area contributed by atoms with E-state index in [1.807, 2.05) is 0 Å². The number of hydrogen-bond donors (Lipinski definition) is 0. The van der Waals surface area contributed by atoms with Gasteiger partial charge in [-0.15, -0.1) is 0 Å². The molecule has 138 valence electrons. The molecule has 2 aromatic carbocycles. The fourth-order valence-electron chi connectivity index (χ4n) is 2.18. The van der Waals surface area contributed by atoms with Gasteiger partial charge >= 0.3 is 12.4 Å². The van der Waals surface area contributed by atoms with Crippen LogP contribution in [0.1, 0.15) is 22.3 Å². The number of alkyl halides is 6. The van der Waals surface area contributed by atoms with Gasteiger partial charge in [0.2, 0.25) is 0 Å². The Morgan fingerprint density at radius 3 is 1.31 bits per heavy atom. The molecule has 0 aliphatic heterocycles. The minimum Gasteiger partial charge on any atom is -0.291 e. The summed E-state index contributed by atoms with van der Waals surface area (Å²) in [5.74, 6) is 0. The summed E-state index contributed by atoms with van der Waals surface area (Å²) in [6.07, 6.45) is -6.80. The van der Waals surface area contributed by atoms with Crippen LogP contribution in [-0.4, -0.2) is 25.5 Å². The standard InChI is InChI=1S/C18H14F6N2/c19-17(20,21)15-7-3-1-5-13(15)11-25-9-10-26-12-14-6-2-4-8-16(14)18(22,23)24/h1-8,11-12H,9-10H2. The molecule has 0 aromatic heterocycles. The predicted molar refractivity (Wildman–Crippen MR) is 87.8 cm³/mol. The average Bonchev–Trinajstić information content (AvgIpc) is 2.57. The molecule has 0 saturated heterocycles. The highest BCUT2D eigenvalue weighted by atomic mass is 19.4. The Bertz CT molecular complexity index is 723. The summed E-state index contributed by atoms with van der Waals surface area (Å²) in [5.41, 5.74) is -1.75. The van der Waals surface area contributed by atoms with Crippen molar-refractivity contribution in [3.05, 3.63) is 70.8 Å².